The van der Waals surface area contributed by atoms with Crippen LogP contribution in [-0.2, 0) is 4.74 Å². The zero-order valence-electron chi connectivity index (χ0n) is 20.8. The molecule has 3 heterocycles. The van der Waals surface area contributed by atoms with E-state index in [1.165, 1.54) is 0 Å². The second-order valence-electron chi connectivity index (χ2n) is 9.11. The first-order chi connectivity index (χ1) is 16.2. The fourth-order valence-electron chi connectivity index (χ4n) is 3.97. The van der Waals surface area contributed by atoms with Crippen LogP contribution in [0.1, 0.15) is 13.8 Å². The number of ether oxygens (including phenoxy) is 1. The van der Waals surface area contributed by atoms with Gasteiger partial charge in [-0.3, -0.25) is 9.98 Å². The Morgan fingerprint density at radius 3 is 2.65 bits per heavy atom. The van der Waals surface area contributed by atoms with Gasteiger partial charge in [-0.25, -0.2) is 0 Å². The predicted octanol–water partition coefficient (Wildman–Crippen LogP) is 1.17. The van der Waals surface area contributed by atoms with Crippen molar-refractivity contribution >= 4 is 12.4 Å². The first-order valence-corrected chi connectivity index (χ1v) is 11.5. The van der Waals surface area contributed by atoms with Gasteiger partial charge < -0.3 is 37.1 Å². The molecule has 7 N–H and O–H groups in total. The molecule has 0 saturated carbocycles. The first-order valence-electron chi connectivity index (χ1n) is 11.5. The van der Waals surface area contributed by atoms with Gasteiger partial charge in [0.05, 0.1) is 24.4 Å². The van der Waals surface area contributed by atoms with Gasteiger partial charge >= 0.3 is 0 Å². The second-order valence-corrected chi connectivity index (χ2v) is 9.11. The minimum atomic E-state index is -0.0795. The molecule has 1 saturated heterocycles. The van der Waals surface area contributed by atoms with Gasteiger partial charge in [0.25, 0.3) is 0 Å². The van der Waals surface area contributed by atoms with E-state index in [1.807, 2.05) is 31.5 Å². The summed E-state index contributed by atoms with van der Waals surface area (Å²) in [5.41, 5.74) is 22.7. The molecule has 0 radical (unpaired) electrons. The van der Waals surface area contributed by atoms with Gasteiger partial charge in [0.15, 0.2) is 0 Å². The van der Waals surface area contributed by atoms with Crippen LogP contribution in [0.4, 0.5) is 0 Å². The third kappa shape index (κ3) is 5.98. The summed E-state index contributed by atoms with van der Waals surface area (Å²) in [4.78, 5) is 13.2. The fourth-order valence-corrected chi connectivity index (χ4v) is 3.97. The number of hydrogen-bond acceptors (Lipinski definition) is 9. The lowest BCUT2D eigenvalue weighted by Crippen LogP contribution is -2.50. The SMILES string of the molecule is CN=CC(C1=CC2C(=CC=C(N/C(N)=C/C(=C\N)C(C)C)N2C)N=C1)=C(N)COC1CN(C)C1. The van der Waals surface area contributed by atoms with Crippen molar-refractivity contribution in [2.45, 2.75) is 26.0 Å². The van der Waals surface area contributed by atoms with E-state index in [4.69, 9.17) is 21.9 Å². The first kappa shape index (κ1) is 25.3. The molecule has 3 rings (SSSR count). The summed E-state index contributed by atoms with van der Waals surface area (Å²) in [6.07, 6.45) is 13.4. The molecule has 0 aliphatic carbocycles. The van der Waals surface area contributed by atoms with Crippen molar-refractivity contribution < 1.29 is 4.74 Å². The minimum Gasteiger partial charge on any atom is -0.404 e. The van der Waals surface area contributed by atoms with Crippen LogP contribution in [0, 0.1) is 5.92 Å². The standard InChI is InChI=1S/C25H38N8O/c1-16(2)17(10-26)9-24(28)31-25-7-6-22-23(33(25)5)8-18(11-30-22)20(12-29-3)21(27)15-34-19-13-32(4)14-19/h6-12,16,19,23,31H,13-15,26-28H2,1-5H3/b17-10+,21-20?,24-9+,29-12?. The third-order valence-electron chi connectivity index (χ3n) is 6.08. The zero-order chi connectivity index (χ0) is 24.8. The summed E-state index contributed by atoms with van der Waals surface area (Å²) in [6.45, 7) is 6.35. The molecule has 0 spiro atoms. The quantitative estimate of drug-likeness (QED) is 0.296. The maximum Gasteiger partial charge on any atom is 0.107 e. The number of nitrogens with one attached hydrogen (secondary N) is 1. The monoisotopic (exact) mass is 466 g/mol. The molecule has 9 nitrogen and oxygen atoms in total. The van der Waals surface area contributed by atoms with E-state index in [1.54, 1.807) is 19.5 Å². The summed E-state index contributed by atoms with van der Waals surface area (Å²) in [5, 5.41) is 3.28. The van der Waals surface area contributed by atoms with Crippen molar-refractivity contribution in [1.82, 2.24) is 15.1 Å². The number of nitrogens with zero attached hydrogens (tertiary/aromatic N) is 4. The average Bonchev–Trinajstić information content (AvgIpc) is 2.79. The Labute approximate surface area is 202 Å². The van der Waals surface area contributed by atoms with Gasteiger partial charge in [-0.05, 0) is 49.0 Å². The molecule has 3 aliphatic heterocycles. The molecule has 0 aromatic heterocycles. The Morgan fingerprint density at radius 2 is 2.03 bits per heavy atom. The number of rotatable bonds is 9. The van der Waals surface area contributed by atoms with E-state index in [2.05, 4.69) is 52.1 Å². The van der Waals surface area contributed by atoms with Crippen LogP contribution in [0.15, 0.2) is 80.2 Å². The lowest BCUT2D eigenvalue weighted by Gasteiger charge is -2.36. The highest BCUT2D eigenvalue weighted by atomic mass is 16.5. The Hall–Kier alpha value is -3.30. The molecular formula is C25H38N8O. The highest BCUT2D eigenvalue weighted by molar-refractivity contribution is 6.00. The van der Waals surface area contributed by atoms with Crippen LogP contribution in [0.25, 0.3) is 0 Å². The minimum absolute atomic E-state index is 0.0795. The molecule has 34 heavy (non-hydrogen) atoms. The van der Waals surface area contributed by atoms with Crippen molar-refractivity contribution in [2.24, 2.45) is 33.1 Å². The van der Waals surface area contributed by atoms with Crippen molar-refractivity contribution in [3.8, 4) is 0 Å². The number of fused-ring (bicyclic) bond motifs is 1. The average molecular weight is 467 g/mol. The van der Waals surface area contributed by atoms with Gasteiger partial charge in [0, 0.05) is 56.5 Å². The lowest BCUT2D eigenvalue weighted by atomic mass is 9.97. The Bertz CT molecular complexity index is 1010. The van der Waals surface area contributed by atoms with Gasteiger partial charge in [-0.2, -0.15) is 0 Å². The van der Waals surface area contributed by atoms with Crippen molar-refractivity contribution in [3.63, 3.8) is 0 Å². The van der Waals surface area contributed by atoms with Gasteiger partial charge in [-0.15, -0.1) is 0 Å². The molecule has 3 aliphatic rings. The van der Waals surface area contributed by atoms with E-state index >= 15 is 0 Å². The largest absolute Gasteiger partial charge is 0.404 e. The number of dihydropyridines is 1. The Kier molecular flexibility index (Phi) is 8.36. The summed E-state index contributed by atoms with van der Waals surface area (Å²) < 4.78 is 5.94. The number of nitrogens with two attached hydrogens (primary N) is 3. The van der Waals surface area contributed by atoms with Crippen molar-refractivity contribution in [1.29, 1.82) is 0 Å². The highest BCUT2D eigenvalue weighted by Gasteiger charge is 2.27. The summed E-state index contributed by atoms with van der Waals surface area (Å²) >= 11 is 0. The molecular weight excluding hydrogens is 428 g/mol. The fraction of sp³-hybridized carbons (Fsp3) is 0.440. The maximum absolute atomic E-state index is 6.43. The summed E-state index contributed by atoms with van der Waals surface area (Å²) in [7, 11) is 5.80. The zero-order valence-corrected chi connectivity index (χ0v) is 20.8. The number of allylic oxidation sites excluding steroid dienone is 6. The molecule has 1 fully saturated rings. The maximum atomic E-state index is 6.43. The van der Waals surface area contributed by atoms with Crippen LogP contribution < -0.4 is 22.5 Å². The van der Waals surface area contributed by atoms with E-state index in [-0.39, 0.29) is 18.1 Å². The lowest BCUT2D eigenvalue weighted by molar-refractivity contribution is -0.0342. The Morgan fingerprint density at radius 1 is 1.29 bits per heavy atom. The third-order valence-corrected chi connectivity index (χ3v) is 6.08. The van der Waals surface area contributed by atoms with E-state index < -0.39 is 0 Å². The molecule has 0 aromatic rings. The van der Waals surface area contributed by atoms with Crippen LogP contribution in [-0.4, -0.2) is 75.2 Å². The van der Waals surface area contributed by atoms with Crippen LogP contribution in [0.3, 0.4) is 0 Å². The van der Waals surface area contributed by atoms with Crippen LogP contribution in [0.5, 0.6) is 0 Å². The number of hydrogen-bond donors (Lipinski definition) is 4. The van der Waals surface area contributed by atoms with Crippen LogP contribution >= 0.6 is 0 Å². The molecule has 1 atom stereocenters. The van der Waals surface area contributed by atoms with Gasteiger partial charge in [0.1, 0.15) is 11.6 Å². The molecule has 9 heteroatoms. The molecule has 0 amide bonds. The predicted molar refractivity (Wildman–Crippen MR) is 140 cm³/mol. The van der Waals surface area contributed by atoms with E-state index in [0.29, 0.717) is 18.1 Å². The Balaban J connectivity index is 1.77. The second kappa shape index (κ2) is 11.2. The van der Waals surface area contributed by atoms with Gasteiger partial charge in [0.2, 0.25) is 0 Å². The smallest absolute Gasteiger partial charge is 0.107 e. The summed E-state index contributed by atoms with van der Waals surface area (Å²) in [6, 6.07) is -0.0795. The van der Waals surface area contributed by atoms with E-state index in [9.17, 15) is 0 Å². The normalized spacial score (nSPS) is 22.8. The van der Waals surface area contributed by atoms with Crippen LogP contribution in [0.2, 0.25) is 0 Å². The molecule has 184 valence electrons. The van der Waals surface area contributed by atoms with Crippen molar-refractivity contribution in [3.05, 3.63) is 70.3 Å². The summed E-state index contributed by atoms with van der Waals surface area (Å²) in [5.74, 6) is 1.65. The topological polar surface area (TPSA) is 131 Å². The van der Waals surface area contributed by atoms with Gasteiger partial charge in [-0.1, -0.05) is 13.8 Å². The molecule has 0 aromatic carbocycles. The van der Waals surface area contributed by atoms with E-state index in [0.717, 1.165) is 41.3 Å². The number of aliphatic imine (C=N–C) groups is 2. The highest BCUT2D eigenvalue weighted by Crippen LogP contribution is 2.27. The van der Waals surface area contributed by atoms with Crippen molar-refractivity contribution in [2.75, 3.05) is 40.8 Å². The number of likely N-dealkylation sites (tertiary alicyclic amines) is 1. The molecule has 1 unspecified atom stereocenters. The molecule has 0 bridgehead atoms. The number of likely N-dealkylation sites (N-methyl/N-ethyl adjacent to an activating group) is 2.